The minimum absolute atomic E-state index is 0.115. The fraction of sp³-hybridized carbons (Fsp3) is 0.0435. The molecule has 0 bridgehead atoms. The Kier molecular flexibility index (Phi) is 25.7. The van der Waals surface area contributed by atoms with Gasteiger partial charge in [-0.25, -0.2) is 24.0 Å². The number of ketones is 5. The quantitative estimate of drug-likeness (QED) is 0.0680. The lowest BCUT2D eigenvalue weighted by Crippen LogP contribution is -2.01. The summed E-state index contributed by atoms with van der Waals surface area (Å²) in [4.78, 5) is 128. The van der Waals surface area contributed by atoms with Crippen molar-refractivity contribution in [1.29, 1.82) is 0 Å². The maximum Gasteiger partial charge on any atom is 0.336 e. The standard InChI is InChI=1S/C23H13BrO4S.C23H12Cl2O4S.C23H13ClO4S.2C23H14O4S/c1-12-11-18(25)28-22-14(12)7-8-15-20(22)19(13-5-3-2-4-6-13)23(27-15)21(26)16-9-10-17(24)29-16;1-11-9-17(26)29-21-13(11)7-8-15-19(21)18(12-5-3-2-4-6-12)22(28-15)20(27)14-10-16(24)30-23(14)25;1-12-11-18(25)28-22-14(12)7-8-15-20(22)19(13-5-3-2-4-6-13)23(27-15)21(26)16-9-10-17(24)29-16;1-13-12-18(24)27-22-15(13)9-10-16-20(22)19(14-6-3-2-4-7-14)23(26-16)21(25)17-8-5-11-28-17;1-13-11-18(24)27-22-16(13)7-8-17-20(22)19(14-5-3-2-4-6-14)23(26-17)21(25)15-9-10-28-12-15/h2-11H,1H3;2-10H,1H3;2-11H,1H3;2*2-12H,1H3. The Morgan fingerprint density at radius 1 is 0.271 bits per heavy atom. The average Bonchev–Trinajstić information content (AvgIpc) is 1.60. The number of hydrogen-bond donors (Lipinski definition) is 0. The first-order valence-electron chi connectivity index (χ1n) is 44.3. The van der Waals surface area contributed by atoms with E-state index in [-0.39, 0.29) is 67.6 Å². The van der Waals surface area contributed by atoms with Crippen molar-refractivity contribution in [3.8, 4) is 55.6 Å². The molecule has 0 N–H and O–H groups in total. The highest BCUT2D eigenvalue weighted by Gasteiger charge is 2.34. The Morgan fingerprint density at radius 2 is 0.569 bits per heavy atom. The number of fused-ring (bicyclic) bond motifs is 15. The number of benzene rings is 10. The van der Waals surface area contributed by atoms with Crippen molar-refractivity contribution in [2.75, 3.05) is 0 Å². The van der Waals surface area contributed by atoms with Gasteiger partial charge >= 0.3 is 28.1 Å². The zero-order chi connectivity index (χ0) is 99.7. The molecule has 10 aromatic carbocycles. The van der Waals surface area contributed by atoms with Crippen LogP contribution in [0.15, 0.2) is 379 Å². The smallest absolute Gasteiger partial charge is 0.336 e. The van der Waals surface area contributed by atoms with Gasteiger partial charge in [-0.15, -0.1) is 45.3 Å². The lowest BCUT2D eigenvalue weighted by Gasteiger charge is -2.05. The molecule has 15 aromatic heterocycles. The van der Waals surface area contributed by atoms with Crippen LogP contribution in [0, 0.1) is 34.6 Å². The molecular weight excluding hydrogens is 2050 g/mol. The molecule has 0 radical (unpaired) electrons. The molecule has 0 atom stereocenters. The summed E-state index contributed by atoms with van der Waals surface area (Å²) < 4.78 is 60.1. The van der Waals surface area contributed by atoms with Crippen LogP contribution in [0.3, 0.4) is 0 Å². The highest BCUT2D eigenvalue weighted by atomic mass is 79.9. The van der Waals surface area contributed by atoms with Gasteiger partial charge in [0.2, 0.25) is 28.9 Å². The molecule has 25 rings (SSSR count). The van der Waals surface area contributed by atoms with Gasteiger partial charge in [-0.2, -0.15) is 11.3 Å². The summed E-state index contributed by atoms with van der Waals surface area (Å²) in [6.07, 6.45) is 0. The summed E-state index contributed by atoms with van der Waals surface area (Å²) in [6, 6.07) is 86.9. The van der Waals surface area contributed by atoms with Gasteiger partial charge in [0.1, 0.15) is 60.2 Å². The number of aryl methyl sites for hydroxylation is 5. The lowest BCUT2D eigenvalue weighted by molar-refractivity contribution is 0.101. The van der Waals surface area contributed by atoms with E-state index in [9.17, 15) is 47.9 Å². The van der Waals surface area contributed by atoms with E-state index in [1.807, 2.05) is 258 Å². The van der Waals surface area contributed by atoms with Crippen molar-refractivity contribution in [3.63, 3.8) is 0 Å². The Morgan fingerprint density at radius 3 is 0.833 bits per heavy atom. The van der Waals surface area contributed by atoms with Gasteiger partial charge in [0, 0.05) is 96.0 Å². The largest absolute Gasteiger partial charge is 0.452 e. The number of furan rings is 5. The molecule has 0 spiro atoms. The maximum atomic E-state index is 13.4. The third-order valence-corrected chi connectivity index (χ3v) is 30.1. The van der Waals surface area contributed by atoms with Crippen molar-refractivity contribution in [2.45, 2.75) is 34.6 Å². The van der Waals surface area contributed by atoms with Gasteiger partial charge < -0.3 is 44.2 Å². The number of rotatable bonds is 15. The minimum atomic E-state index is -0.465. The predicted molar refractivity (Wildman–Crippen MR) is 574 cm³/mol. The minimum Gasteiger partial charge on any atom is -0.452 e. The van der Waals surface area contributed by atoms with E-state index in [2.05, 4.69) is 15.9 Å². The summed E-state index contributed by atoms with van der Waals surface area (Å²) in [7, 11) is 0. The van der Waals surface area contributed by atoms with Crippen LogP contribution in [0.25, 0.3) is 165 Å². The topological polar surface area (TPSA) is 302 Å². The van der Waals surface area contributed by atoms with Crippen LogP contribution in [0.4, 0.5) is 0 Å². The van der Waals surface area contributed by atoms with Crippen LogP contribution < -0.4 is 28.1 Å². The number of halogens is 4. The van der Waals surface area contributed by atoms with Crippen LogP contribution in [-0.2, 0) is 0 Å². The fourth-order valence-electron chi connectivity index (χ4n) is 17.8. The second kappa shape index (κ2) is 39.2. The Labute approximate surface area is 855 Å². The molecule has 0 aliphatic heterocycles. The highest BCUT2D eigenvalue weighted by Crippen LogP contribution is 2.49. The summed E-state index contributed by atoms with van der Waals surface area (Å²) in [5.41, 5.74) is 14.4. The zero-order valence-electron chi connectivity index (χ0n) is 75.7. The molecule has 15 heterocycles. The van der Waals surface area contributed by atoms with E-state index in [1.165, 1.54) is 81.7 Å². The molecule has 0 fully saturated rings. The average molecular weight is 2110 g/mol. The Bertz CT molecular complexity index is 9370. The first kappa shape index (κ1) is 94.4. The third-order valence-electron chi connectivity index (χ3n) is 24.2. The van der Waals surface area contributed by atoms with Crippen molar-refractivity contribution in [1.82, 2.24) is 0 Å². The molecule has 0 amide bonds. The van der Waals surface area contributed by atoms with Crippen molar-refractivity contribution in [3.05, 3.63) is 459 Å². The Hall–Kier alpha value is -15.9. The third kappa shape index (κ3) is 17.8. The molecule has 0 saturated carbocycles. The van der Waals surface area contributed by atoms with E-state index in [1.54, 1.807) is 47.8 Å². The normalized spacial score (nSPS) is 11.4. The molecule has 25 aromatic rings. The zero-order valence-corrected chi connectivity index (χ0v) is 83.6. The highest BCUT2D eigenvalue weighted by molar-refractivity contribution is 9.11. The van der Waals surface area contributed by atoms with Gasteiger partial charge in [0.05, 0.1) is 59.6 Å². The van der Waals surface area contributed by atoms with Crippen LogP contribution in [0.1, 0.15) is 106 Å². The number of thiophene rings is 5. The van der Waals surface area contributed by atoms with E-state index in [4.69, 9.17) is 79.0 Å². The Balaban J connectivity index is 0.000000106. The molecule has 0 unspecified atom stereocenters. The number of carbonyl (C=O) groups is 5. The van der Waals surface area contributed by atoms with Crippen LogP contribution >= 0.6 is 107 Å². The summed E-state index contributed by atoms with van der Waals surface area (Å²) in [5.74, 6) is -0.202. The van der Waals surface area contributed by atoms with Crippen molar-refractivity contribution >= 4 is 246 Å². The van der Waals surface area contributed by atoms with Crippen LogP contribution in [0.5, 0.6) is 0 Å². The molecule has 0 saturated heterocycles. The van der Waals surface area contributed by atoms with Gasteiger partial charge in [-0.3, -0.25) is 24.0 Å². The maximum absolute atomic E-state index is 13.4. The molecule has 29 heteroatoms. The fourth-order valence-corrected chi connectivity index (χ4v) is 22.8. The second-order valence-electron chi connectivity index (χ2n) is 33.3. The van der Waals surface area contributed by atoms with Crippen LogP contribution in [0.2, 0.25) is 13.0 Å². The number of carbonyl (C=O) groups excluding carboxylic acids is 5. The molecule has 20 nitrogen and oxygen atoms in total. The van der Waals surface area contributed by atoms with E-state index >= 15 is 0 Å². The molecule has 0 aliphatic rings. The summed E-state index contributed by atoms with van der Waals surface area (Å²) in [6.45, 7) is 9.29. The van der Waals surface area contributed by atoms with Gasteiger partial charge in [0.25, 0.3) is 0 Å². The van der Waals surface area contributed by atoms with E-state index < -0.39 is 28.1 Å². The number of hydrogen-bond acceptors (Lipinski definition) is 25. The second-order valence-corrected chi connectivity index (χ2v) is 41.5. The van der Waals surface area contributed by atoms with Crippen LogP contribution in [-0.4, -0.2) is 28.9 Å². The first-order chi connectivity index (χ1) is 69.7. The molecule has 0 aliphatic carbocycles. The predicted octanol–water partition coefficient (Wildman–Crippen LogP) is 31.8. The molecular formula is C115H66BrCl3O20S5. The molecule has 144 heavy (non-hydrogen) atoms. The van der Waals surface area contributed by atoms with Gasteiger partial charge in [-0.1, -0.05) is 193 Å². The monoisotopic (exact) mass is 2110 g/mol. The SMILES string of the molecule is Cc1cc(=O)oc2c1ccc1oc(C(=O)c3cc(Cl)sc3Cl)c(-c3ccccc3)c12.Cc1cc(=O)oc2c1ccc1oc(C(=O)c3ccc(Br)s3)c(-c3ccccc3)c12.Cc1cc(=O)oc2c1ccc1oc(C(=O)c3ccc(Cl)s3)c(-c3ccccc3)c12.Cc1cc(=O)oc2c1ccc1oc(C(=O)c3cccs3)c(-c3ccccc3)c12.Cc1cc(=O)oc2c1ccc1oc(C(=O)c3ccsc3)c(-c3ccccc3)c12. The lowest BCUT2D eigenvalue weighted by atomic mass is 9.97. The van der Waals surface area contributed by atoms with Gasteiger partial charge in [0.15, 0.2) is 28.8 Å². The summed E-state index contributed by atoms with van der Waals surface area (Å²) in [5, 5.41) is 12.6. The van der Waals surface area contributed by atoms with Crippen molar-refractivity contribution in [2.24, 2.45) is 0 Å². The van der Waals surface area contributed by atoms with Gasteiger partial charge in [-0.05, 0) is 220 Å². The van der Waals surface area contributed by atoms with E-state index in [0.29, 0.717) is 139 Å². The molecule has 704 valence electrons. The van der Waals surface area contributed by atoms with E-state index in [0.717, 1.165) is 97.7 Å². The summed E-state index contributed by atoms with van der Waals surface area (Å²) >= 11 is 28.2. The first-order valence-corrected chi connectivity index (χ1v) is 50.5. The van der Waals surface area contributed by atoms with Crippen molar-refractivity contribution < 1.29 is 68.1 Å².